The van der Waals surface area contributed by atoms with Gasteiger partial charge in [-0.2, -0.15) is 0 Å². The van der Waals surface area contributed by atoms with E-state index in [0.717, 1.165) is 38.5 Å². The van der Waals surface area contributed by atoms with E-state index in [1.807, 2.05) is 0 Å². The van der Waals surface area contributed by atoms with Gasteiger partial charge in [0.25, 0.3) is 5.56 Å². The van der Waals surface area contributed by atoms with E-state index in [4.69, 9.17) is 9.47 Å². The number of ether oxygens (including phenoxy) is 2. The van der Waals surface area contributed by atoms with Gasteiger partial charge < -0.3 is 14.6 Å². The highest BCUT2D eigenvalue weighted by molar-refractivity contribution is 5.78. The van der Waals surface area contributed by atoms with E-state index in [-0.39, 0.29) is 23.1 Å². The number of hydrogen-bond acceptors (Lipinski definition) is 5. The fourth-order valence-electron chi connectivity index (χ4n) is 4.88. The Balaban J connectivity index is 1.35. The Hall–Kier alpha value is -1.92. The quantitative estimate of drug-likeness (QED) is 0.863. The largest absolute Gasteiger partial charge is 0.508 e. The second kappa shape index (κ2) is 5.29. The van der Waals surface area contributed by atoms with Gasteiger partial charge in [-0.25, -0.2) is 4.98 Å². The number of phenols is 1. The Kier molecular flexibility index (Phi) is 3.24. The molecule has 25 heavy (non-hydrogen) atoms. The van der Waals surface area contributed by atoms with Crippen LogP contribution in [-0.4, -0.2) is 33.7 Å². The molecule has 1 N–H and O–H groups in total. The van der Waals surface area contributed by atoms with Crippen LogP contribution in [0.5, 0.6) is 5.75 Å². The van der Waals surface area contributed by atoms with Crippen molar-refractivity contribution in [2.45, 2.75) is 50.4 Å². The summed E-state index contributed by atoms with van der Waals surface area (Å²) in [5.41, 5.74) is 0.886. The third-order valence-electron chi connectivity index (χ3n) is 6.38. The Morgan fingerprint density at radius 2 is 1.84 bits per heavy atom. The van der Waals surface area contributed by atoms with Crippen molar-refractivity contribution in [1.29, 1.82) is 0 Å². The summed E-state index contributed by atoms with van der Waals surface area (Å²) >= 11 is 0. The molecule has 132 valence electrons. The first kappa shape index (κ1) is 15.3. The summed E-state index contributed by atoms with van der Waals surface area (Å²) in [5, 5.41) is 10.1. The number of aromatic nitrogens is 2. The fourth-order valence-corrected chi connectivity index (χ4v) is 4.88. The average molecular weight is 342 g/mol. The van der Waals surface area contributed by atoms with Gasteiger partial charge in [-0.1, -0.05) is 0 Å². The minimum Gasteiger partial charge on any atom is -0.508 e. The first-order chi connectivity index (χ1) is 12.1. The van der Waals surface area contributed by atoms with Crippen molar-refractivity contribution in [2.75, 3.05) is 13.2 Å². The summed E-state index contributed by atoms with van der Waals surface area (Å²) in [6.45, 7) is 1.42. The van der Waals surface area contributed by atoms with Gasteiger partial charge >= 0.3 is 0 Å². The van der Waals surface area contributed by atoms with Crippen LogP contribution in [0.2, 0.25) is 0 Å². The molecule has 0 atom stereocenters. The number of aromatic hydroxyl groups is 1. The molecule has 2 spiro atoms. The number of hydrogen-bond donors (Lipinski definition) is 1. The second-order valence-corrected chi connectivity index (χ2v) is 7.83. The zero-order valence-corrected chi connectivity index (χ0v) is 14.1. The maximum absolute atomic E-state index is 12.8. The van der Waals surface area contributed by atoms with Crippen LogP contribution in [0.25, 0.3) is 10.9 Å². The van der Waals surface area contributed by atoms with E-state index in [9.17, 15) is 9.90 Å². The molecular weight excluding hydrogens is 320 g/mol. The number of phenolic OH excluding ortho intramolecular Hbond substituents is 1. The van der Waals surface area contributed by atoms with Crippen LogP contribution in [0.4, 0.5) is 0 Å². The van der Waals surface area contributed by atoms with Crippen LogP contribution >= 0.6 is 0 Å². The lowest BCUT2D eigenvalue weighted by Crippen LogP contribution is -2.48. The number of fused-ring (bicyclic) bond motifs is 1. The zero-order valence-electron chi connectivity index (χ0n) is 14.1. The van der Waals surface area contributed by atoms with Crippen molar-refractivity contribution < 1.29 is 14.6 Å². The minimum absolute atomic E-state index is 0.0597. The number of benzene rings is 1. The molecule has 2 heterocycles. The molecule has 2 aliphatic carbocycles. The third-order valence-corrected chi connectivity index (χ3v) is 6.38. The van der Waals surface area contributed by atoms with Crippen molar-refractivity contribution in [2.24, 2.45) is 5.41 Å². The van der Waals surface area contributed by atoms with Gasteiger partial charge in [0.2, 0.25) is 0 Å². The molecule has 0 amide bonds. The third kappa shape index (κ3) is 2.39. The summed E-state index contributed by atoms with van der Waals surface area (Å²) in [4.78, 5) is 17.2. The molecule has 2 aromatic rings. The molecule has 3 aliphatic rings. The maximum atomic E-state index is 12.8. The van der Waals surface area contributed by atoms with Crippen molar-refractivity contribution in [3.05, 3.63) is 34.9 Å². The topological polar surface area (TPSA) is 73.6 Å². The molecule has 1 aliphatic heterocycles. The Bertz CT molecular complexity index is 867. The lowest BCUT2D eigenvalue weighted by Gasteiger charge is -2.53. The Morgan fingerprint density at radius 1 is 1.12 bits per heavy atom. The van der Waals surface area contributed by atoms with E-state index >= 15 is 0 Å². The summed E-state index contributed by atoms with van der Waals surface area (Å²) in [6, 6.07) is 4.95. The van der Waals surface area contributed by atoms with Crippen molar-refractivity contribution >= 4 is 10.9 Å². The monoisotopic (exact) mass is 342 g/mol. The molecule has 2 saturated carbocycles. The molecule has 0 radical (unpaired) electrons. The highest BCUT2D eigenvalue weighted by atomic mass is 16.7. The van der Waals surface area contributed by atoms with Gasteiger partial charge in [-0.3, -0.25) is 9.36 Å². The predicted molar refractivity (Wildman–Crippen MR) is 91.5 cm³/mol. The van der Waals surface area contributed by atoms with Crippen LogP contribution in [0.15, 0.2) is 29.3 Å². The van der Waals surface area contributed by atoms with Crippen LogP contribution < -0.4 is 5.56 Å². The number of rotatable bonds is 1. The van der Waals surface area contributed by atoms with Gasteiger partial charge in [0.15, 0.2) is 5.79 Å². The van der Waals surface area contributed by atoms with E-state index in [1.165, 1.54) is 6.07 Å². The zero-order chi connectivity index (χ0) is 17.1. The molecular formula is C19H22N2O4. The maximum Gasteiger partial charge on any atom is 0.261 e. The number of nitrogens with zero attached hydrogens (tertiary/aromatic N) is 2. The van der Waals surface area contributed by atoms with E-state index < -0.39 is 0 Å². The van der Waals surface area contributed by atoms with Gasteiger partial charge in [0.1, 0.15) is 5.75 Å². The van der Waals surface area contributed by atoms with Crippen LogP contribution in [0.1, 0.15) is 44.6 Å². The normalized spacial score (nSPS) is 24.8. The van der Waals surface area contributed by atoms with Gasteiger partial charge in [0.05, 0.1) is 30.4 Å². The molecule has 0 unspecified atom stereocenters. The highest BCUT2D eigenvalue weighted by Gasteiger charge is 2.52. The van der Waals surface area contributed by atoms with Gasteiger partial charge in [-0.05, 0) is 49.3 Å². The second-order valence-electron chi connectivity index (χ2n) is 7.83. The SMILES string of the molecule is O=c1c2cc(O)ccc2ncn1C1CC2(CCC3(CC2)OCCO3)C1. The molecule has 0 bridgehead atoms. The molecule has 6 nitrogen and oxygen atoms in total. The Morgan fingerprint density at radius 3 is 2.56 bits per heavy atom. The molecule has 1 aromatic heterocycles. The molecule has 6 heteroatoms. The van der Waals surface area contributed by atoms with E-state index in [0.29, 0.717) is 29.5 Å². The average Bonchev–Trinajstić information content (AvgIpc) is 3.04. The van der Waals surface area contributed by atoms with Crippen molar-refractivity contribution in [1.82, 2.24) is 9.55 Å². The molecule has 1 aromatic carbocycles. The smallest absolute Gasteiger partial charge is 0.261 e. The van der Waals surface area contributed by atoms with Crippen LogP contribution in [-0.2, 0) is 9.47 Å². The fraction of sp³-hybridized carbons (Fsp3) is 0.579. The van der Waals surface area contributed by atoms with Crippen molar-refractivity contribution in [3.8, 4) is 5.75 Å². The van der Waals surface area contributed by atoms with Gasteiger partial charge in [0, 0.05) is 18.9 Å². The molecule has 3 fully saturated rings. The van der Waals surface area contributed by atoms with Crippen LogP contribution in [0, 0.1) is 5.41 Å². The van der Waals surface area contributed by atoms with Gasteiger partial charge in [-0.15, -0.1) is 0 Å². The summed E-state index contributed by atoms with van der Waals surface area (Å²) in [5.74, 6) is -0.224. The lowest BCUT2D eigenvalue weighted by atomic mass is 9.57. The van der Waals surface area contributed by atoms with Crippen LogP contribution in [0.3, 0.4) is 0 Å². The summed E-state index contributed by atoms with van der Waals surface area (Å²) in [6.07, 6.45) is 7.79. The highest BCUT2D eigenvalue weighted by Crippen LogP contribution is 2.58. The van der Waals surface area contributed by atoms with Crippen molar-refractivity contribution in [3.63, 3.8) is 0 Å². The minimum atomic E-state index is -0.324. The predicted octanol–water partition coefficient (Wildman–Crippen LogP) is 2.74. The lowest BCUT2D eigenvalue weighted by molar-refractivity contribution is -0.202. The Labute approximate surface area is 145 Å². The molecule has 1 saturated heterocycles. The first-order valence-electron chi connectivity index (χ1n) is 9.06. The standard InChI is InChI=1S/C19H22N2O4/c22-14-1-2-16-15(9-14)17(23)21(12-20-16)13-10-18(11-13)3-5-19(6-4-18)24-7-8-25-19/h1-2,9,12-13,22H,3-8,10-11H2. The summed E-state index contributed by atoms with van der Waals surface area (Å²) < 4.78 is 13.4. The summed E-state index contributed by atoms with van der Waals surface area (Å²) in [7, 11) is 0. The van der Waals surface area contributed by atoms with E-state index in [1.54, 1.807) is 23.0 Å². The first-order valence-corrected chi connectivity index (χ1v) is 9.06. The van der Waals surface area contributed by atoms with E-state index in [2.05, 4.69) is 4.98 Å². The molecule has 5 rings (SSSR count).